The highest BCUT2D eigenvalue weighted by molar-refractivity contribution is 5.93. The van der Waals surface area contributed by atoms with Gasteiger partial charge in [-0.3, -0.25) is 4.79 Å². The molecular weight excluding hydrogens is 395 g/mol. The van der Waals surface area contributed by atoms with Gasteiger partial charge in [0.1, 0.15) is 17.5 Å². The van der Waals surface area contributed by atoms with E-state index in [4.69, 9.17) is 0 Å². The van der Waals surface area contributed by atoms with E-state index in [-0.39, 0.29) is 18.7 Å². The molecule has 3 aromatic rings. The minimum atomic E-state index is -0.652. The Bertz CT molecular complexity index is 1030. The van der Waals surface area contributed by atoms with E-state index in [1.54, 1.807) is 6.07 Å². The molecule has 2 aromatic heterocycles. The molecule has 1 aromatic carbocycles. The zero-order valence-electron chi connectivity index (χ0n) is 16.2. The molecule has 6 nitrogen and oxygen atoms in total. The second-order valence-corrected chi connectivity index (χ2v) is 6.45. The van der Waals surface area contributed by atoms with Crippen molar-refractivity contribution in [3.63, 3.8) is 0 Å². The lowest BCUT2D eigenvalue weighted by Gasteiger charge is -2.11. The van der Waals surface area contributed by atoms with Gasteiger partial charge in [0.15, 0.2) is 0 Å². The quantitative estimate of drug-likeness (QED) is 0.486. The lowest BCUT2D eigenvalue weighted by Crippen LogP contribution is -2.22. The zero-order chi connectivity index (χ0) is 21.5. The number of hydrogen-bond acceptors (Lipinski definition) is 5. The summed E-state index contributed by atoms with van der Waals surface area (Å²) in [7, 11) is 0. The standard InChI is InChI=1S/C21H20F3N5O/c1-2-25-20-6-4-17(23)18(29-20)9-13-7-14(22)10-16(8-13)26-12-21(30)28-15-3-5-19(24)27-11-15/h3-8,10-11,26H,2,9,12H2,1H3,(H,25,29)(H,28,30). The third kappa shape index (κ3) is 5.94. The number of pyridine rings is 2. The van der Waals surface area contributed by atoms with E-state index in [1.807, 2.05) is 6.92 Å². The number of benzene rings is 1. The van der Waals surface area contributed by atoms with Crippen molar-refractivity contribution < 1.29 is 18.0 Å². The van der Waals surface area contributed by atoms with Crippen molar-refractivity contribution in [3.05, 3.63) is 77.5 Å². The van der Waals surface area contributed by atoms with Crippen LogP contribution in [0.2, 0.25) is 0 Å². The van der Waals surface area contributed by atoms with Crippen LogP contribution in [-0.2, 0) is 11.2 Å². The fourth-order valence-corrected chi connectivity index (χ4v) is 2.77. The van der Waals surface area contributed by atoms with Crippen LogP contribution < -0.4 is 16.0 Å². The van der Waals surface area contributed by atoms with Gasteiger partial charge in [0.2, 0.25) is 11.9 Å². The first-order valence-electron chi connectivity index (χ1n) is 9.27. The van der Waals surface area contributed by atoms with E-state index in [0.717, 1.165) is 6.07 Å². The molecule has 3 N–H and O–H groups in total. The molecule has 0 radical (unpaired) electrons. The molecular formula is C21H20F3N5O. The number of halogens is 3. The third-order valence-electron chi connectivity index (χ3n) is 4.07. The Kier molecular flexibility index (Phi) is 6.84. The van der Waals surface area contributed by atoms with Crippen LogP contribution in [0, 0.1) is 17.6 Å². The highest BCUT2D eigenvalue weighted by atomic mass is 19.1. The first kappa shape index (κ1) is 21.1. The molecule has 0 fully saturated rings. The fraction of sp³-hybridized carbons (Fsp3) is 0.190. The summed E-state index contributed by atoms with van der Waals surface area (Å²) in [4.78, 5) is 19.7. The predicted octanol–water partition coefficient (Wildman–Crippen LogP) is 3.97. The van der Waals surface area contributed by atoms with Crippen molar-refractivity contribution in [2.45, 2.75) is 13.3 Å². The van der Waals surface area contributed by atoms with Crippen LogP contribution in [0.1, 0.15) is 18.2 Å². The Morgan fingerprint density at radius 3 is 2.57 bits per heavy atom. The van der Waals surface area contributed by atoms with Crippen LogP contribution in [0.4, 0.5) is 30.4 Å². The second-order valence-electron chi connectivity index (χ2n) is 6.45. The van der Waals surface area contributed by atoms with Gasteiger partial charge in [-0.2, -0.15) is 4.39 Å². The molecule has 156 valence electrons. The Morgan fingerprint density at radius 1 is 1.00 bits per heavy atom. The average molecular weight is 415 g/mol. The Hall–Kier alpha value is -3.62. The summed E-state index contributed by atoms with van der Waals surface area (Å²) in [5.74, 6) is -1.54. The largest absolute Gasteiger partial charge is 0.376 e. The van der Waals surface area contributed by atoms with Gasteiger partial charge in [0.25, 0.3) is 0 Å². The molecule has 1 amide bonds. The normalized spacial score (nSPS) is 10.5. The first-order chi connectivity index (χ1) is 14.4. The lowest BCUT2D eigenvalue weighted by molar-refractivity contribution is -0.114. The summed E-state index contributed by atoms with van der Waals surface area (Å²) in [5, 5.41) is 8.37. The minimum absolute atomic E-state index is 0.0882. The van der Waals surface area contributed by atoms with Crippen LogP contribution in [0.15, 0.2) is 48.7 Å². The molecule has 0 aliphatic heterocycles. The number of hydrogen-bond donors (Lipinski definition) is 3. The van der Waals surface area contributed by atoms with E-state index < -0.39 is 23.5 Å². The fourth-order valence-electron chi connectivity index (χ4n) is 2.77. The minimum Gasteiger partial charge on any atom is -0.376 e. The molecule has 0 bridgehead atoms. The summed E-state index contributed by atoms with van der Waals surface area (Å²) >= 11 is 0. The maximum atomic E-state index is 14.1. The molecule has 0 saturated carbocycles. The van der Waals surface area contributed by atoms with E-state index in [9.17, 15) is 18.0 Å². The molecule has 0 atom stereocenters. The van der Waals surface area contributed by atoms with E-state index >= 15 is 0 Å². The summed E-state index contributed by atoms with van der Waals surface area (Å²) < 4.78 is 40.9. The summed E-state index contributed by atoms with van der Waals surface area (Å²) in [5.41, 5.74) is 1.39. The summed E-state index contributed by atoms with van der Waals surface area (Å²) in [6.45, 7) is 2.39. The zero-order valence-corrected chi connectivity index (χ0v) is 16.2. The number of carbonyl (C=O) groups excluding carboxylic acids is 1. The van der Waals surface area contributed by atoms with Gasteiger partial charge in [-0.25, -0.2) is 18.7 Å². The number of aromatic nitrogens is 2. The Balaban J connectivity index is 1.65. The van der Waals surface area contributed by atoms with Gasteiger partial charge in [-0.15, -0.1) is 0 Å². The van der Waals surface area contributed by atoms with Crippen LogP contribution in [0.25, 0.3) is 0 Å². The average Bonchev–Trinajstić information content (AvgIpc) is 2.70. The van der Waals surface area contributed by atoms with Gasteiger partial charge in [-0.05, 0) is 55.0 Å². The maximum absolute atomic E-state index is 14.1. The molecule has 9 heteroatoms. The van der Waals surface area contributed by atoms with Gasteiger partial charge >= 0.3 is 0 Å². The molecule has 0 spiro atoms. The van der Waals surface area contributed by atoms with Crippen molar-refractivity contribution in [2.24, 2.45) is 0 Å². The highest BCUT2D eigenvalue weighted by Gasteiger charge is 2.10. The molecule has 30 heavy (non-hydrogen) atoms. The van der Waals surface area contributed by atoms with Crippen molar-refractivity contribution in [1.82, 2.24) is 9.97 Å². The van der Waals surface area contributed by atoms with Crippen molar-refractivity contribution in [1.29, 1.82) is 0 Å². The third-order valence-corrected chi connectivity index (χ3v) is 4.07. The van der Waals surface area contributed by atoms with Gasteiger partial charge in [0, 0.05) is 18.7 Å². The lowest BCUT2D eigenvalue weighted by atomic mass is 10.1. The monoisotopic (exact) mass is 415 g/mol. The van der Waals surface area contributed by atoms with E-state index in [0.29, 0.717) is 29.3 Å². The number of rotatable bonds is 8. The van der Waals surface area contributed by atoms with Gasteiger partial charge in [0.05, 0.1) is 24.1 Å². The number of amides is 1. The Morgan fingerprint density at radius 2 is 1.83 bits per heavy atom. The summed E-state index contributed by atoms with van der Waals surface area (Å²) in [6.07, 6.45) is 1.28. The second kappa shape index (κ2) is 9.73. The number of carbonyl (C=O) groups is 1. The van der Waals surface area contributed by atoms with Crippen LogP contribution in [0.3, 0.4) is 0 Å². The number of anilines is 3. The van der Waals surface area contributed by atoms with Gasteiger partial charge < -0.3 is 16.0 Å². The van der Waals surface area contributed by atoms with E-state index in [1.165, 1.54) is 36.5 Å². The molecule has 3 rings (SSSR count). The molecule has 0 aliphatic carbocycles. The molecule has 0 saturated heterocycles. The smallest absolute Gasteiger partial charge is 0.243 e. The Labute approximate surface area is 171 Å². The van der Waals surface area contributed by atoms with Crippen LogP contribution >= 0.6 is 0 Å². The summed E-state index contributed by atoms with van der Waals surface area (Å²) in [6, 6.07) is 9.50. The molecule has 2 heterocycles. The van der Waals surface area contributed by atoms with E-state index in [2.05, 4.69) is 25.9 Å². The molecule has 0 aliphatic rings. The first-order valence-corrected chi connectivity index (χ1v) is 9.27. The predicted molar refractivity (Wildman–Crippen MR) is 109 cm³/mol. The van der Waals surface area contributed by atoms with Crippen molar-refractivity contribution in [2.75, 3.05) is 29.0 Å². The SMILES string of the molecule is CCNc1ccc(F)c(Cc2cc(F)cc(NCC(=O)Nc3ccc(F)nc3)c2)n1. The van der Waals surface area contributed by atoms with Crippen molar-refractivity contribution >= 4 is 23.1 Å². The number of nitrogens with zero attached hydrogens (tertiary/aromatic N) is 2. The highest BCUT2D eigenvalue weighted by Crippen LogP contribution is 2.19. The van der Waals surface area contributed by atoms with Gasteiger partial charge in [-0.1, -0.05) is 0 Å². The maximum Gasteiger partial charge on any atom is 0.243 e. The van der Waals surface area contributed by atoms with Crippen LogP contribution in [0.5, 0.6) is 0 Å². The molecule has 0 unspecified atom stereocenters. The topological polar surface area (TPSA) is 78.9 Å². The van der Waals surface area contributed by atoms with Crippen LogP contribution in [-0.4, -0.2) is 29.0 Å². The number of nitrogens with one attached hydrogen (secondary N) is 3. The van der Waals surface area contributed by atoms with Crippen molar-refractivity contribution in [3.8, 4) is 0 Å².